The first kappa shape index (κ1) is 11.7. The van der Waals surface area contributed by atoms with Crippen molar-refractivity contribution in [1.29, 1.82) is 0 Å². The lowest BCUT2D eigenvalue weighted by atomic mass is 10.0. The van der Waals surface area contributed by atoms with Gasteiger partial charge in [0.1, 0.15) is 24.4 Å². The van der Waals surface area contributed by atoms with Crippen molar-refractivity contribution in [1.82, 2.24) is 4.98 Å². The highest BCUT2D eigenvalue weighted by Gasteiger charge is 2.43. The maximum Gasteiger partial charge on any atom is 0.114 e. The van der Waals surface area contributed by atoms with Crippen LogP contribution in [0.25, 0.3) is 10.9 Å². The number of hydrogen-bond donors (Lipinski definition) is 4. The molecular formula is C13H15NO4. The molecule has 0 bridgehead atoms. The standard InChI is InChI=1S/C13H15NO4/c15-6-10-11(16)12(17)13(18-10)8-5-14-9-4-2-1-3-7(8)9/h1-5,10-17H,6H2/t10-,11-,12-,13+/m1/s1. The van der Waals surface area contributed by atoms with E-state index < -0.39 is 24.4 Å². The lowest BCUT2D eigenvalue weighted by Crippen LogP contribution is -2.32. The van der Waals surface area contributed by atoms with Crippen molar-refractivity contribution in [2.24, 2.45) is 0 Å². The van der Waals surface area contributed by atoms with E-state index >= 15 is 0 Å². The van der Waals surface area contributed by atoms with Gasteiger partial charge in [-0.05, 0) is 6.07 Å². The number of H-pyrrole nitrogens is 1. The van der Waals surface area contributed by atoms with Crippen LogP contribution in [-0.4, -0.2) is 45.2 Å². The van der Waals surface area contributed by atoms with Crippen LogP contribution in [0.4, 0.5) is 0 Å². The molecule has 1 saturated heterocycles. The molecule has 5 nitrogen and oxygen atoms in total. The number of aliphatic hydroxyl groups excluding tert-OH is 3. The number of rotatable bonds is 2. The van der Waals surface area contributed by atoms with Crippen LogP contribution in [0.5, 0.6) is 0 Å². The smallest absolute Gasteiger partial charge is 0.114 e. The van der Waals surface area contributed by atoms with E-state index in [1.165, 1.54) is 0 Å². The summed E-state index contributed by atoms with van der Waals surface area (Å²) in [5.41, 5.74) is 1.75. The second-order valence-electron chi connectivity index (χ2n) is 4.55. The Bertz CT molecular complexity index is 553. The SMILES string of the molecule is OC[C@H]1O[C@@H](c2c[nH]c3ccccc23)[C@H](O)[C@@H]1O. The molecule has 18 heavy (non-hydrogen) atoms. The summed E-state index contributed by atoms with van der Waals surface area (Å²) in [6.45, 7) is -0.308. The molecule has 3 rings (SSSR count). The molecule has 0 spiro atoms. The van der Waals surface area contributed by atoms with Gasteiger partial charge in [-0.1, -0.05) is 18.2 Å². The van der Waals surface area contributed by atoms with Crippen molar-refractivity contribution in [3.63, 3.8) is 0 Å². The Morgan fingerprint density at radius 3 is 2.67 bits per heavy atom. The van der Waals surface area contributed by atoms with Crippen LogP contribution in [0.15, 0.2) is 30.5 Å². The van der Waals surface area contributed by atoms with E-state index in [0.717, 1.165) is 16.5 Å². The van der Waals surface area contributed by atoms with Gasteiger partial charge in [-0.15, -0.1) is 0 Å². The summed E-state index contributed by atoms with van der Waals surface area (Å²) < 4.78 is 5.52. The van der Waals surface area contributed by atoms with Crippen molar-refractivity contribution in [2.45, 2.75) is 24.4 Å². The highest BCUT2D eigenvalue weighted by molar-refractivity contribution is 5.83. The third kappa shape index (κ3) is 1.64. The van der Waals surface area contributed by atoms with Gasteiger partial charge in [-0.3, -0.25) is 0 Å². The number of nitrogens with one attached hydrogen (secondary N) is 1. The maximum absolute atomic E-state index is 9.99. The summed E-state index contributed by atoms with van der Waals surface area (Å²) in [7, 11) is 0. The molecule has 1 aromatic carbocycles. The van der Waals surface area contributed by atoms with E-state index in [-0.39, 0.29) is 6.61 Å². The monoisotopic (exact) mass is 249 g/mol. The van der Waals surface area contributed by atoms with E-state index in [0.29, 0.717) is 0 Å². The van der Waals surface area contributed by atoms with Crippen LogP contribution >= 0.6 is 0 Å². The molecule has 1 aromatic heterocycles. The van der Waals surface area contributed by atoms with Crippen molar-refractivity contribution in [2.75, 3.05) is 6.61 Å². The number of hydrogen-bond acceptors (Lipinski definition) is 4. The third-order valence-electron chi connectivity index (χ3n) is 3.47. The molecule has 1 fully saturated rings. The molecule has 0 unspecified atom stereocenters. The van der Waals surface area contributed by atoms with E-state index in [1.54, 1.807) is 6.20 Å². The van der Waals surface area contributed by atoms with E-state index in [2.05, 4.69) is 4.98 Å². The number of fused-ring (bicyclic) bond motifs is 1. The molecule has 4 N–H and O–H groups in total. The van der Waals surface area contributed by atoms with E-state index in [4.69, 9.17) is 9.84 Å². The fraction of sp³-hybridized carbons (Fsp3) is 0.385. The van der Waals surface area contributed by atoms with Crippen LogP contribution in [0, 0.1) is 0 Å². The zero-order chi connectivity index (χ0) is 12.7. The van der Waals surface area contributed by atoms with Gasteiger partial charge in [-0.25, -0.2) is 0 Å². The molecule has 2 aromatic rings. The minimum atomic E-state index is -1.06. The lowest BCUT2D eigenvalue weighted by molar-refractivity contribution is -0.0223. The summed E-state index contributed by atoms with van der Waals surface area (Å²) >= 11 is 0. The normalized spacial score (nSPS) is 32.2. The van der Waals surface area contributed by atoms with Crippen LogP contribution in [-0.2, 0) is 4.74 Å². The van der Waals surface area contributed by atoms with Crippen LogP contribution in [0.3, 0.4) is 0 Å². The van der Waals surface area contributed by atoms with Crippen molar-refractivity contribution >= 4 is 10.9 Å². The molecule has 4 atom stereocenters. The summed E-state index contributed by atoms with van der Waals surface area (Å²) in [6.07, 6.45) is -1.67. The maximum atomic E-state index is 9.99. The van der Waals surface area contributed by atoms with Gasteiger partial charge < -0.3 is 25.0 Å². The molecule has 0 radical (unpaired) electrons. The Balaban J connectivity index is 2.00. The molecule has 96 valence electrons. The lowest BCUT2D eigenvalue weighted by Gasteiger charge is -2.13. The Morgan fingerprint density at radius 2 is 1.94 bits per heavy atom. The van der Waals surface area contributed by atoms with Gasteiger partial charge in [0, 0.05) is 22.7 Å². The molecular weight excluding hydrogens is 234 g/mol. The molecule has 0 amide bonds. The van der Waals surface area contributed by atoms with Crippen molar-refractivity contribution < 1.29 is 20.1 Å². The minimum Gasteiger partial charge on any atom is -0.394 e. The largest absolute Gasteiger partial charge is 0.394 e. The highest BCUT2D eigenvalue weighted by atomic mass is 16.6. The minimum absolute atomic E-state index is 0.308. The summed E-state index contributed by atoms with van der Waals surface area (Å²) in [5, 5.41) is 29.8. The second-order valence-corrected chi connectivity index (χ2v) is 4.55. The molecule has 1 aliphatic heterocycles. The highest BCUT2D eigenvalue weighted by Crippen LogP contribution is 2.36. The summed E-state index contributed by atoms with van der Waals surface area (Å²) in [6, 6.07) is 7.68. The van der Waals surface area contributed by atoms with Gasteiger partial charge in [-0.2, -0.15) is 0 Å². The van der Waals surface area contributed by atoms with Gasteiger partial charge in [0.2, 0.25) is 0 Å². The fourth-order valence-electron chi connectivity index (χ4n) is 2.49. The van der Waals surface area contributed by atoms with Crippen LogP contribution < -0.4 is 0 Å². The number of ether oxygens (including phenoxy) is 1. The Morgan fingerprint density at radius 1 is 1.17 bits per heavy atom. The zero-order valence-electron chi connectivity index (χ0n) is 9.65. The predicted molar refractivity (Wildman–Crippen MR) is 65.0 cm³/mol. The van der Waals surface area contributed by atoms with Crippen LogP contribution in [0.2, 0.25) is 0 Å². The number of para-hydroxylation sites is 1. The van der Waals surface area contributed by atoms with E-state index in [1.807, 2.05) is 24.3 Å². The Kier molecular flexibility index (Phi) is 2.83. The molecule has 0 saturated carbocycles. The zero-order valence-corrected chi connectivity index (χ0v) is 9.65. The Hall–Kier alpha value is -1.40. The Labute approximate surface area is 104 Å². The molecule has 0 aliphatic carbocycles. The predicted octanol–water partition coefficient (Wildman–Crippen LogP) is 0.322. The summed E-state index contributed by atoms with van der Waals surface area (Å²) in [5.74, 6) is 0. The van der Waals surface area contributed by atoms with E-state index in [9.17, 15) is 10.2 Å². The first-order chi connectivity index (χ1) is 8.72. The van der Waals surface area contributed by atoms with Gasteiger partial charge >= 0.3 is 0 Å². The molecule has 5 heteroatoms. The quantitative estimate of drug-likeness (QED) is 0.617. The number of aliphatic hydroxyl groups is 3. The number of aromatic amines is 1. The molecule has 2 heterocycles. The van der Waals surface area contributed by atoms with Gasteiger partial charge in [0.25, 0.3) is 0 Å². The van der Waals surface area contributed by atoms with Gasteiger partial charge in [0.05, 0.1) is 6.61 Å². The number of benzene rings is 1. The van der Waals surface area contributed by atoms with Crippen LogP contribution in [0.1, 0.15) is 11.7 Å². The first-order valence-corrected chi connectivity index (χ1v) is 5.91. The fourth-order valence-corrected chi connectivity index (χ4v) is 2.49. The average Bonchev–Trinajstić information content (AvgIpc) is 2.93. The average molecular weight is 249 g/mol. The topological polar surface area (TPSA) is 85.7 Å². The third-order valence-corrected chi connectivity index (χ3v) is 3.47. The second kappa shape index (κ2) is 4.37. The van der Waals surface area contributed by atoms with Crippen molar-refractivity contribution in [3.8, 4) is 0 Å². The summed E-state index contributed by atoms with van der Waals surface area (Å²) in [4.78, 5) is 3.10. The molecule has 1 aliphatic rings. The number of aromatic nitrogens is 1. The van der Waals surface area contributed by atoms with Crippen molar-refractivity contribution in [3.05, 3.63) is 36.0 Å². The van der Waals surface area contributed by atoms with Gasteiger partial charge in [0.15, 0.2) is 0 Å². The first-order valence-electron chi connectivity index (χ1n) is 5.91.